The van der Waals surface area contributed by atoms with E-state index in [2.05, 4.69) is 0 Å². The quantitative estimate of drug-likeness (QED) is 0.769. The fraction of sp³-hybridized carbons (Fsp3) is 0.467. The largest absolute Gasteiger partial charge is 0.462 e. The molecule has 114 valence electrons. The molecular weight excluding hydrogens is 276 g/mol. The highest BCUT2D eigenvalue weighted by Gasteiger charge is 2.53. The van der Waals surface area contributed by atoms with Crippen molar-refractivity contribution in [2.45, 2.75) is 25.6 Å². The van der Waals surface area contributed by atoms with E-state index in [0.29, 0.717) is 5.56 Å². The Balaban J connectivity index is 1.85. The van der Waals surface area contributed by atoms with Crippen molar-refractivity contribution in [3.8, 4) is 0 Å². The summed E-state index contributed by atoms with van der Waals surface area (Å²) in [4.78, 5) is 23.3. The highest BCUT2D eigenvalue weighted by Crippen LogP contribution is 2.34. The van der Waals surface area contributed by atoms with E-state index < -0.39 is 36.2 Å². The third-order valence-electron chi connectivity index (χ3n) is 3.70. The van der Waals surface area contributed by atoms with Crippen molar-refractivity contribution in [3.05, 3.63) is 35.9 Å². The van der Waals surface area contributed by atoms with Crippen LogP contribution >= 0.6 is 0 Å². The standard InChI is InChI=1S/C15H18O6/c1-15(9-16)12(17)11(21-14(15)19)7-8-20-13(18)10-5-3-2-4-6-10/h2-6,11-12,16-17H,7-9H2,1H3/t11-,12+,15-/m1/s1. The monoisotopic (exact) mass is 294 g/mol. The molecule has 1 aliphatic heterocycles. The van der Waals surface area contributed by atoms with Crippen molar-refractivity contribution < 1.29 is 29.3 Å². The van der Waals surface area contributed by atoms with Crippen molar-refractivity contribution in [2.24, 2.45) is 5.41 Å². The second-order valence-corrected chi connectivity index (χ2v) is 5.25. The fourth-order valence-corrected chi connectivity index (χ4v) is 2.17. The Kier molecular flexibility index (Phi) is 4.59. The number of esters is 2. The Morgan fingerprint density at radius 3 is 2.62 bits per heavy atom. The third-order valence-corrected chi connectivity index (χ3v) is 3.70. The number of carbonyl (C=O) groups excluding carboxylic acids is 2. The number of aliphatic hydroxyl groups is 2. The normalized spacial score (nSPS) is 28.2. The molecule has 1 aromatic carbocycles. The van der Waals surface area contributed by atoms with Crippen LogP contribution in [0.5, 0.6) is 0 Å². The summed E-state index contributed by atoms with van der Waals surface area (Å²) in [6, 6.07) is 8.52. The third kappa shape index (κ3) is 3.06. The van der Waals surface area contributed by atoms with Crippen LogP contribution in [0.25, 0.3) is 0 Å². The smallest absolute Gasteiger partial charge is 0.338 e. The van der Waals surface area contributed by atoms with E-state index in [1.807, 2.05) is 0 Å². The molecule has 0 radical (unpaired) electrons. The van der Waals surface area contributed by atoms with Crippen LogP contribution in [0.15, 0.2) is 30.3 Å². The Morgan fingerprint density at radius 1 is 1.38 bits per heavy atom. The molecule has 0 amide bonds. The summed E-state index contributed by atoms with van der Waals surface area (Å²) in [5.74, 6) is -1.11. The van der Waals surface area contributed by atoms with Gasteiger partial charge in [-0.15, -0.1) is 0 Å². The zero-order chi connectivity index (χ0) is 15.5. The second-order valence-electron chi connectivity index (χ2n) is 5.25. The first kappa shape index (κ1) is 15.5. The SMILES string of the molecule is C[C@]1(CO)C(=O)O[C@H](CCOC(=O)c2ccccc2)[C@@H]1O. The van der Waals surface area contributed by atoms with E-state index >= 15 is 0 Å². The average molecular weight is 294 g/mol. The number of carbonyl (C=O) groups is 2. The van der Waals surface area contributed by atoms with E-state index in [1.54, 1.807) is 30.3 Å². The Morgan fingerprint density at radius 2 is 2.05 bits per heavy atom. The van der Waals surface area contributed by atoms with Crippen LogP contribution < -0.4 is 0 Å². The number of benzene rings is 1. The van der Waals surface area contributed by atoms with Gasteiger partial charge in [-0.1, -0.05) is 18.2 Å². The van der Waals surface area contributed by atoms with Crippen molar-refractivity contribution in [1.29, 1.82) is 0 Å². The van der Waals surface area contributed by atoms with Crippen molar-refractivity contribution in [1.82, 2.24) is 0 Å². The fourth-order valence-electron chi connectivity index (χ4n) is 2.17. The van der Waals surface area contributed by atoms with Gasteiger partial charge in [0.2, 0.25) is 0 Å². The van der Waals surface area contributed by atoms with Crippen LogP contribution in [0.2, 0.25) is 0 Å². The highest BCUT2D eigenvalue weighted by molar-refractivity contribution is 5.89. The van der Waals surface area contributed by atoms with Gasteiger partial charge in [0.1, 0.15) is 17.6 Å². The highest BCUT2D eigenvalue weighted by atomic mass is 16.6. The maximum atomic E-state index is 11.7. The molecule has 1 aromatic rings. The molecule has 0 unspecified atom stereocenters. The molecule has 6 heteroatoms. The van der Waals surface area contributed by atoms with E-state index in [1.165, 1.54) is 6.92 Å². The van der Waals surface area contributed by atoms with Crippen LogP contribution in [-0.4, -0.2) is 47.6 Å². The number of cyclic esters (lactones) is 1. The summed E-state index contributed by atoms with van der Waals surface area (Å²) in [5.41, 5.74) is -0.879. The van der Waals surface area contributed by atoms with Crippen LogP contribution in [0, 0.1) is 5.41 Å². The molecule has 2 rings (SSSR count). The molecule has 1 aliphatic rings. The number of rotatable bonds is 5. The number of aliphatic hydroxyl groups excluding tert-OH is 2. The Labute approximate surface area is 122 Å². The molecular formula is C15H18O6. The molecule has 2 N–H and O–H groups in total. The van der Waals surface area contributed by atoms with Gasteiger partial charge >= 0.3 is 11.9 Å². The molecule has 0 saturated carbocycles. The maximum absolute atomic E-state index is 11.7. The molecule has 6 nitrogen and oxygen atoms in total. The minimum Gasteiger partial charge on any atom is -0.462 e. The lowest BCUT2D eigenvalue weighted by Gasteiger charge is -2.21. The lowest BCUT2D eigenvalue weighted by molar-refractivity contribution is -0.150. The minimum absolute atomic E-state index is 0.0181. The van der Waals surface area contributed by atoms with Crippen molar-refractivity contribution in [2.75, 3.05) is 13.2 Å². The van der Waals surface area contributed by atoms with Crippen LogP contribution in [0.1, 0.15) is 23.7 Å². The molecule has 0 spiro atoms. The van der Waals surface area contributed by atoms with Gasteiger partial charge < -0.3 is 19.7 Å². The van der Waals surface area contributed by atoms with Gasteiger partial charge in [-0.05, 0) is 19.1 Å². The average Bonchev–Trinajstić information content (AvgIpc) is 2.73. The summed E-state index contributed by atoms with van der Waals surface area (Å²) >= 11 is 0. The number of hydrogen-bond acceptors (Lipinski definition) is 6. The van der Waals surface area contributed by atoms with Crippen LogP contribution in [0.3, 0.4) is 0 Å². The first-order chi connectivity index (χ1) is 9.99. The Bertz CT molecular complexity index is 514. The van der Waals surface area contributed by atoms with Gasteiger partial charge in [0.15, 0.2) is 0 Å². The van der Waals surface area contributed by atoms with Crippen molar-refractivity contribution >= 4 is 11.9 Å². The van der Waals surface area contributed by atoms with E-state index in [4.69, 9.17) is 9.47 Å². The van der Waals surface area contributed by atoms with Gasteiger partial charge in [0.25, 0.3) is 0 Å². The van der Waals surface area contributed by atoms with E-state index in [0.717, 1.165) is 0 Å². The summed E-state index contributed by atoms with van der Waals surface area (Å²) in [6.45, 7) is 0.966. The molecule has 0 aromatic heterocycles. The summed E-state index contributed by atoms with van der Waals surface area (Å²) < 4.78 is 10.1. The maximum Gasteiger partial charge on any atom is 0.338 e. The molecule has 1 heterocycles. The topological polar surface area (TPSA) is 93.1 Å². The van der Waals surface area contributed by atoms with Gasteiger partial charge in [-0.25, -0.2) is 4.79 Å². The van der Waals surface area contributed by atoms with Gasteiger partial charge in [0, 0.05) is 6.42 Å². The van der Waals surface area contributed by atoms with Crippen LogP contribution in [-0.2, 0) is 14.3 Å². The van der Waals surface area contributed by atoms with Gasteiger partial charge in [0.05, 0.1) is 18.8 Å². The summed E-state index contributed by atoms with van der Waals surface area (Å²) in [6.07, 6.45) is -1.72. The van der Waals surface area contributed by atoms with Gasteiger partial charge in [-0.2, -0.15) is 0 Å². The van der Waals surface area contributed by atoms with E-state index in [-0.39, 0.29) is 13.0 Å². The molecule has 0 bridgehead atoms. The molecule has 21 heavy (non-hydrogen) atoms. The zero-order valence-corrected chi connectivity index (χ0v) is 11.7. The first-order valence-electron chi connectivity index (χ1n) is 6.71. The summed E-state index contributed by atoms with van der Waals surface area (Å²) in [7, 11) is 0. The van der Waals surface area contributed by atoms with Gasteiger partial charge in [-0.3, -0.25) is 4.79 Å². The Hall–Kier alpha value is -1.92. The first-order valence-corrected chi connectivity index (χ1v) is 6.71. The lowest BCUT2D eigenvalue weighted by atomic mass is 9.84. The molecule has 0 aliphatic carbocycles. The molecule has 3 atom stereocenters. The second kappa shape index (κ2) is 6.24. The predicted molar refractivity (Wildman–Crippen MR) is 72.4 cm³/mol. The van der Waals surface area contributed by atoms with Crippen molar-refractivity contribution in [3.63, 3.8) is 0 Å². The summed E-state index contributed by atoms with van der Waals surface area (Å²) in [5, 5.41) is 19.2. The zero-order valence-electron chi connectivity index (χ0n) is 11.7. The molecule has 1 fully saturated rings. The molecule has 1 saturated heterocycles. The lowest BCUT2D eigenvalue weighted by Crippen LogP contribution is -2.40. The number of hydrogen-bond donors (Lipinski definition) is 2. The minimum atomic E-state index is -1.31. The predicted octanol–water partition coefficient (Wildman–Crippen LogP) is 0.518. The number of ether oxygens (including phenoxy) is 2. The van der Waals surface area contributed by atoms with Crippen LogP contribution in [0.4, 0.5) is 0 Å². The van der Waals surface area contributed by atoms with E-state index in [9.17, 15) is 19.8 Å².